The van der Waals surface area contributed by atoms with Gasteiger partial charge in [0.1, 0.15) is 12.1 Å². The fraction of sp³-hybridized carbons (Fsp3) is 0.688. The highest BCUT2D eigenvalue weighted by atomic mass is 16.3. The van der Waals surface area contributed by atoms with E-state index in [0.29, 0.717) is 19.0 Å². The number of nitrogens with zero attached hydrogens (tertiary/aromatic N) is 4. The predicted molar refractivity (Wildman–Crippen MR) is 87.2 cm³/mol. The van der Waals surface area contributed by atoms with Crippen molar-refractivity contribution in [2.45, 2.75) is 37.3 Å². The number of β-amino-alcohol motifs (C(OH)–C–C–N with tert-alkyl or cyclic N) is 1. The highest BCUT2D eigenvalue weighted by molar-refractivity contribution is 5.77. The standard InChI is InChI=1S/C16H25N5O2/c1-20(2)16(23)9-21-6-5-12(14(22)8-21)19-15-7-13(11-3-4-11)17-10-18-15/h7,10-12,14,22H,3-6,8-9H2,1-2H3,(H,17,18,19)/t12-,14-/m1/s1. The zero-order valence-corrected chi connectivity index (χ0v) is 13.8. The van der Waals surface area contributed by atoms with Crippen LogP contribution in [-0.2, 0) is 4.79 Å². The second-order valence-corrected chi connectivity index (χ2v) is 6.73. The number of aromatic nitrogens is 2. The molecule has 3 rings (SSSR count). The molecule has 126 valence electrons. The van der Waals surface area contributed by atoms with Crippen molar-refractivity contribution >= 4 is 11.7 Å². The minimum Gasteiger partial charge on any atom is -0.390 e. The number of aliphatic hydroxyl groups excluding tert-OH is 1. The molecule has 1 saturated carbocycles. The first-order valence-electron chi connectivity index (χ1n) is 8.22. The number of amides is 1. The number of aliphatic hydroxyl groups is 1. The average molecular weight is 319 g/mol. The first-order valence-corrected chi connectivity index (χ1v) is 8.22. The van der Waals surface area contributed by atoms with Crippen LogP contribution >= 0.6 is 0 Å². The maximum Gasteiger partial charge on any atom is 0.236 e. The van der Waals surface area contributed by atoms with E-state index in [4.69, 9.17) is 0 Å². The van der Waals surface area contributed by atoms with Gasteiger partial charge >= 0.3 is 0 Å². The lowest BCUT2D eigenvalue weighted by molar-refractivity contribution is -0.130. The van der Waals surface area contributed by atoms with E-state index in [1.807, 2.05) is 11.0 Å². The molecular formula is C16H25N5O2. The van der Waals surface area contributed by atoms with Crippen LogP contribution < -0.4 is 5.32 Å². The summed E-state index contributed by atoms with van der Waals surface area (Å²) < 4.78 is 0. The van der Waals surface area contributed by atoms with Crippen LogP contribution in [0.2, 0.25) is 0 Å². The molecule has 1 aliphatic carbocycles. The van der Waals surface area contributed by atoms with Gasteiger partial charge in [-0.25, -0.2) is 9.97 Å². The highest BCUT2D eigenvalue weighted by Crippen LogP contribution is 2.39. The van der Waals surface area contributed by atoms with E-state index < -0.39 is 6.10 Å². The molecule has 0 unspecified atom stereocenters. The van der Waals surface area contributed by atoms with E-state index in [-0.39, 0.29) is 11.9 Å². The molecule has 2 heterocycles. The maximum atomic E-state index is 11.8. The lowest BCUT2D eigenvalue weighted by Gasteiger charge is -2.36. The topological polar surface area (TPSA) is 81.6 Å². The number of anilines is 1. The molecule has 2 atom stereocenters. The van der Waals surface area contributed by atoms with Crippen molar-refractivity contribution in [3.8, 4) is 0 Å². The Balaban J connectivity index is 1.54. The van der Waals surface area contributed by atoms with Gasteiger partial charge in [0.25, 0.3) is 0 Å². The molecule has 1 aromatic rings. The van der Waals surface area contributed by atoms with Crippen molar-refractivity contribution < 1.29 is 9.90 Å². The lowest BCUT2D eigenvalue weighted by atomic mass is 10.0. The van der Waals surface area contributed by atoms with Crippen LogP contribution in [0.1, 0.15) is 30.9 Å². The summed E-state index contributed by atoms with van der Waals surface area (Å²) in [6.07, 6.45) is 4.27. The summed E-state index contributed by atoms with van der Waals surface area (Å²) in [5.41, 5.74) is 1.09. The maximum absolute atomic E-state index is 11.8. The van der Waals surface area contributed by atoms with Crippen LogP contribution in [0.4, 0.5) is 5.82 Å². The number of carbonyl (C=O) groups is 1. The number of piperidine rings is 1. The van der Waals surface area contributed by atoms with Gasteiger partial charge < -0.3 is 15.3 Å². The van der Waals surface area contributed by atoms with Crippen molar-refractivity contribution in [1.82, 2.24) is 19.8 Å². The number of hydrogen-bond donors (Lipinski definition) is 2. The zero-order valence-electron chi connectivity index (χ0n) is 13.8. The minimum atomic E-state index is -0.516. The van der Waals surface area contributed by atoms with Gasteiger partial charge in [0, 0.05) is 44.9 Å². The first kappa shape index (κ1) is 16.1. The third-order valence-electron chi connectivity index (χ3n) is 4.54. The molecule has 1 amide bonds. The number of hydrogen-bond acceptors (Lipinski definition) is 6. The molecular weight excluding hydrogens is 294 g/mol. The SMILES string of the molecule is CN(C)C(=O)CN1CC[C@@H](Nc2cc(C3CC3)ncn2)[C@H](O)C1. The van der Waals surface area contributed by atoms with Crippen LogP contribution in [0.5, 0.6) is 0 Å². The van der Waals surface area contributed by atoms with Crippen LogP contribution in [0.3, 0.4) is 0 Å². The summed E-state index contributed by atoms with van der Waals surface area (Å²) >= 11 is 0. The van der Waals surface area contributed by atoms with Crippen LogP contribution in [0.25, 0.3) is 0 Å². The quantitative estimate of drug-likeness (QED) is 0.812. The Morgan fingerprint density at radius 2 is 2.17 bits per heavy atom. The van der Waals surface area contributed by atoms with Crippen molar-refractivity contribution in [3.05, 3.63) is 18.1 Å². The van der Waals surface area contributed by atoms with Crippen molar-refractivity contribution in [2.24, 2.45) is 0 Å². The third-order valence-corrected chi connectivity index (χ3v) is 4.54. The molecule has 2 fully saturated rings. The normalized spacial score (nSPS) is 25.2. The van der Waals surface area contributed by atoms with E-state index in [1.165, 1.54) is 12.8 Å². The summed E-state index contributed by atoms with van der Waals surface area (Å²) in [7, 11) is 3.50. The number of nitrogens with one attached hydrogen (secondary N) is 1. The molecule has 2 aliphatic rings. The second-order valence-electron chi connectivity index (χ2n) is 6.73. The molecule has 0 radical (unpaired) electrons. The van der Waals surface area contributed by atoms with Gasteiger partial charge in [-0.1, -0.05) is 0 Å². The molecule has 23 heavy (non-hydrogen) atoms. The van der Waals surface area contributed by atoms with Crippen molar-refractivity contribution in [3.63, 3.8) is 0 Å². The van der Waals surface area contributed by atoms with E-state index in [0.717, 1.165) is 24.5 Å². The number of carbonyl (C=O) groups excluding carboxylic acids is 1. The Morgan fingerprint density at radius 1 is 1.39 bits per heavy atom. The van der Waals surface area contributed by atoms with Gasteiger partial charge in [0.05, 0.1) is 18.7 Å². The summed E-state index contributed by atoms with van der Waals surface area (Å²) in [6.45, 7) is 1.64. The summed E-state index contributed by atoms with van der Waals surface area (Å²) in [6, 6.07) is 1.95. The summed E-state index contributed by atoms with van der Waals surface area (Å²) in [5, 5.41) is 13.7. The molecule has 0 spiro atoms. The Kier molecular flexibility index (Phi) is 4.77. The molecule has 0 aromatic carbocycles. The van der Waals surface area contributed by atoms with Gasteiger partial charge in [-0.15, -0.1) is 0 Å². The molecule has 1 aliphatic heterocycles. The fourth-order valence-electron chi connectivity index (χ4n) is 2.89. The van der Waals surface area contributed by atoms with Gasteiger partial charge in [0.15, 0.2) is 0 Å². The first-order chi connectivity index (χ1) is 11.0. The third kappa shape index (κ3) is 4.17. The summed E-state index contributed by atoms with van der Waals surface area (Å²) in [4.78, 5) is 23.9. The van der Waals surface area contributed by atoms with Gasteiger partial charge in [-0.05, 0) is 19.3 Å². The average Bonchev–Trinajstić information content (AvgIpc) is 3.35. The molecule has 0 bridgehead atoms. The highest BCUT2D eigenvalue weighted by Gasteiger charge is 2.30. The van der Waals surface area contributed by atoms with Crippen molar-refractivity contribution in [2.75, 3.05) is 39.0 Å². The van der Waals surface area contributed by atoms with E-state index in [9.17, 15) is 9.90 Å². The predicted octanol–water partition coefficient (Wildman–Crippen LogP) is 0.289. The van der Waals surface area contributed by atoms with E-state index in [2.05, 4.69) is 15.3 Å². The smallest absolute Gasteiger partial charge is 0.236 e. The molecule has 7 heteroatoms. The summed E-state index contributed by atoms with van der Waals surface area (Å²) in [5.74, 6) is 1.43. The Labute approximate surface area is 136 Å². The monoisotopic (exact) mass is 319 g/mol. The fourth-order valence-corrected chi connectivity index (χ4v) is 2.89. The number of rotatable bonds is 5. The largest absolute Gasteiger partial charge is 0.390 e. The Hall–Kier alpha value is -1.73. The van der Waals surface area contributed by atoms with E-state index in [1.54, 1.807) is 25.3 Å². The van der Waals surface area contributed by atoms with Gasteiger partial charge in [0.2, 0.25) is 5.91 Å². The number of likely N-dealkylation sites (N-methyl/N-ethyl adjacent to an activating group) is 1. The number of likely N-dealkylation sites (tertiary alicyclic amines) is 1. The lowest BCUT2D eigenvalue weighted by Crippen LogP contribution is -2.52. The molecule has 1 saturated heterocycles. The van der Waals surface area contributed by atoms with Gasteiger partial charge in [-0.3, -0.25) is 9.69 Å². The van der Waals surface area contributed by atoms with Crippen LogP contribution in [0, 0.1) is 0 Å². The Morgan fingerprint density at radius 3 is 2.83 bits per heavy atom. The molecule has 1 aromatic heterocycles. The zero-order chi connectivity index (χ0) is 16.4. The van der Waals surface area contributed by atoms with Crippen molar-refractivity contribution in [1.29, 1.82) is 0 Å². The van der Waals surface area contributed by atoms with Crippen LogP contribution in [0.15, 0.2) is 12.4 Å². The minimum absolute atomic E-state index is 0.0392. The molecule has 7 nitrogen and oxygen atoms in total. The Bertz CT molecular complexity index is 561. The van der Waals surface area contributed by atoms with Crippen LogP contribution in [-0.4, -0.2) is 76.7 Å². The van der Waals surface area contributed by atoms with E-state index >= 15 is 0 Å². The second kappa shape index (κ2) is 6.80. The van der Waals surface area contributed by atoms with Gasteiger partial charge in [-0.2, -0.15) is 0 Å². The molecule has 2 N–H and O–H groups in total.